The zero-order chi connectivity index (χ0) is 25.2. The number of fused-ring (bicyclic) bond motifs is 2. The SMILES string of the molecule is CCC(Sc1nc2scc(-c3ccc4c(c3)CCCC4)c2c(=O)[nH]1)C(=O)Nc1ccccc1C(C)C. The minimum absolute atomic E-state index is 0.0840. The summed E-state index contributed by atoms with van der Waals surface area (Å²) < 4.78 is 0. The number of carbonyl (C=O) groups excluding carboxylic acids is 1. The normalized spacial score (nSPS) is 14.1. The molecule has 1 aliphatic carbocycles. The fourth-order valence-corrected chi connectivity index (χ4v) is 6.79. The standard InChI is InChI=1S/C29H31N3O2S2/c1-4-24(26(33)30-23-12-8-7-11-21(23)17(2)3)36-29-31-27(34)25-22(16-35-28(25)32-29)20-14-13-18-9-5-6-10-19(18)15-20/h7-8,11-17,24H,4-6,9-10H2,1-3H3,(H,30,33)(H,31,32,34). The number of aromatic amines is 1. The number of anilines is 1. The highest BCUT2D eigenvalue weighted by molar-refractivity contribution is 8.00. The summed E-state index contributed by atoms with van der Waals surface area (Å²) in [6.07, 6.45) is 5.32. The Balaban J connectivity index is 1.39. The van der Waals surface area contributed by atoms with Gasteiger partial charge in [-0.15, -0.1) is 11.3 Å². The van der Waals surface area contributed by atoms with Crippen LogP contribution in [0.3, 0.4) is 0 Å². The molecular weight excluding hydrogens is 486 g/mol. The molecule has 5 rings (SSSR count). The first kappa shape index (κ1) is 24.8. The van der Waals surface area contributed by atoms with E-state index in [0.29, 0.717) is 27.7 Å². The third-order valence-electron chi connectivity index (χ3n) is 6.84. The van der Waals surface area contributed by atoms with Gasteiger partial charge in [0.1, 0.15) is 4.83 Å². The number of hydrogen-bond acceptors (Lipinski definition) is 5. The highest BCUT2D eigenvalue weighted by Gasteiger charge is 2.22. The number of rotatable bonds is 7. The molecule has 2 N–H and O–H groups in total. The maximum Gasteiger partial charge on any atom is 0.260 e. The van der Waals surface area contributed by atoms with Crippen molar-refractivity contribution in [2.75, 3.05) is 5.32 Å². The Hall–Kier alpha value is -2.90. The second kappa shape index (κ2) is 10.6. The van der Waals surface area contributed by atoms with Gasteiger partial charge in [0.25, 0.3) is 5.56 Å². The monoisotopic (exact) mass is 517 g/mol. The van der Waals surface area contributed by atoms with Gasteiger partial charge < -0.3 is 10.3 Å². The predicted molar refractivity (Wildman–Crippen MR) is 151 cm³/mol. The van der Waals surface area contributed by atoms with Crippen LogP contribution in [0.1, 0.15) is 62.6 Å². The zero-order valence-corrected chi connectivity index (χ0v) is 22.5. The molecule has 1 aliphatic rings. The average Bonchev–Trinajstić information content (AvgIpc) is 3.31. The van der Waals surface area contributed by atoms with Crippen LogP contribution in [-0.2, 0) is 17.6 Å². The molecule has 0 saturated carbocycles. The van der Waals surface area contributed by atoms with Crippen molar-refractivity contribution in [3.8, 4) is 11.1 Å². The van der Waals surface area contributed by atoms with Gasteiger partial charge in [0.2, 0.25) is 5.91 Å². The number of thioether (sulfide) groups is 1. The number of carbonyl (C=O) groups is 1. The molecule has 0 fully saturated rings. The third-order valence-corrected chi connectivity index (χ3v) is 8.96. The summed E-state index contributed by atoms with van der Waals surface area (Å²) >= 11 is 2.79. The van der Waals surface area contributed by atoms with Crippen molar-refractivity contribution in [2.24, 2.45) is 0 Å². The molecule has 0 spiro atoms. The van der Waals surface area contributed by atoms with Gasteiger partial charge in [0.15, 0.2) is 5.16 Å². The van der Waals surface area contributed by atoms with Gasteiger partial charge in [-0.3, -0.25) is 9.59 Å². The Morgan fingerprint density at radius 3 is 2.69 bits per heavy atom. The Kier molecular flexibility index (Phi) is 7.30. The lowest BCUT2D eigenvalue weighted by Gasteiger charge is -2.17. The van der Waals surface area contributed by atoms with Crippen molar-refractivity contribution in [3.05, 3.63) is 74.9 Å². The summed E-state index contributed by atoms with van der Waals surface area (Å²) in [5.41, 5.74) is 6.61. The van der Waals surface area contributed by atoms with Crippen molar-refractivity contribution in [3.63, 3.8) is 0 Å². The van der Waals surface area contributed by atoms with E-state index in [4.69, 9.17) is 4.98 Å². The quantitative estimate of drug-likeness (QED) is 0.201. The first-order chi connectivity index (χ1) is 17.4. The number of nitrogens with one attached hydrogen (secondary N) is 2. The average molecular weight is 518 g/mol. The van der Waals surface area contributed by atoms with Crippen LogP contribution >= 0.6 is 23.1 Å². The molecule has 1 amide bonds. The van der Waals surface area contributed by atoms with Gasteiger partial charge in [0, 0.05) is 16.6 Å². The number of H-pyrrole nitrogens is 1. The highest BCUT2D eigenvalue weighted by atomic mass is 32.2. The van der Waals surface area contributed by atoms with Gasteiger partial charge in [-0.05, 0) is 66.3 Å². The van der Waals surface area contributed by atoms with Crippen molar-refractivity contribution < 1.29 is 4.79 Å². The van der Waals surface area contributed by atoms with E-state index in [1.807, 2.05) is 36.6 Å². The minimum atomic E-state index is -0.370. The van der Waals surface area contributed by atoms with E-state index < -0.39 is 0 Å². The summed E-state index contributed by atoms with van der Waals surface area (Å²) in [7, 11) is 0. The maximum absolute atomic E-state index is 13.2. The molecule has 186 valence electrons. The second-order valence-electron chi connectivity index (χ2n) is 9.64. The lowest BCUT2D eigenvalue weighted by molar-refractivity contribution is -0.115. The van der Waals surface area contributed by atoms with Crippen LogP contribution in [0.2, 0.25) is 0 Å². The summed E-state index contributed by atoms with van der Waals surface area (Å²) in [5.74, 6) is 0.220. The van der Waals surface area contributed by atoms with Crippen LogP contribution in [0.25, 0.3) is 21.3 Å². The Labute approximate surface area is 219 Å². The molecule has 7 heteroatoms. The largest absolute Gasteiger partial charge is 0.325 e. The zero-order valence-electron chi connectivity index (χ0n) is 20.9. The van der Waals surface area contributed by atoms with Crippen LogP contribution in [0, 0.1) is 0 Å². The summed E-state index contributed by atoms with van der Waals surface area (Å²) in [6.45, 7) is 6.20. The maximum atomic E-state index is 13.2. The lowest BCUT2D eigenvalue weighted by Crippen LogP contribution is -2.26. The lowest BCUT2D eigenvalue weighted by atomic mass is 9.89. The van der Waals surface area contributed by atoms with Crippen LogP contribution in [0.15, 0.2) is 57.8 Å². The number of hydrogen-bond donors (Lipinski definition) is 2. The molecule has 0 bridgehead atoms. The van der Waals surface area contributed by atoms with E-state index in [0.717, 1.165) is 35.2 Å². The van der Waals surface area contributed by atoms with Crippen molar-refractivity contribution >= 4 is 44.9 Å². The second-order valence-corrected chi connectivity index (χ2v) is 11.7. The van der Waals surface area contributed by atoms with E-state index in [2.05, 4.69) is 42.3 Å². The Morgan fingerprint density at radius 1 is 1.14 bits per heavy atom. The van der Waals surface area contributed by atoms with Gasteiger partial charge in [-0.25, -0.2) is 4.98 Å². The van der Waals surface area contributed by atoms with Gasteiger partial charge in [-0.1, -0.05) is 68.9 Å². The van der Waals surface area contributed by atoms with Crippen LogP contribution in [0.5, 0.6) is 0 Å². The molecular formula is C29H31N3O2S2. The molecule has 0 saturated heterocycles. The first-order valence-corrected chi connectivity index (χ1v) is 14.4. The fraction of sp³-hybridized carbons (Fsp3) is 0.345. The van der Waals surface area contributed by atoms with Gasteiger partial charge in [-0.2, -0.15) is 0 Å². The molecule has 2 aromatic heterocycles. The number of aryl methyl sites for hydroxylation is 2. The topological polar surface area (TPSA) is 74.8 Å². The van der Waals surface area contributed by atoms with E-state index in [-0.39, 0.29) is 16.7 Å². The number of aromatic nitrogens is 2. The number of nitrogens with zero attached hydrogens (tertiary/aromatic N) is 1. The number of benzene rings is 2. The number of amides is 1. The molecule has 0 radical (unpaired) electrons. The first-order valence-electron chi connectivity index (χ1n) is 12.6. The third kappa shape index (κ3) is 5.00. The Bertz CT molecular complexity index is 1470. The molecule has 5 nitrogen and oxygen atoms in total. The van der Waals surface area contributed by atoms with E-state index in [9.17, 15) is 9.59 Å². The number of thiophene rings is 1. The van der Waals surface area contributed by atoms with Crippen LogP contribution < -0.4 is 10.9 Å². The van der Waals surface area contributed by atoms with E-state index >= 15 is 0 Å². The summed E-state index contributed by atoms with van der Waals surface area (Å²) in [5, 5.41) is 5.85. The molecule has 0 aliphatic heterocycles. The van der Waals surface area contributed by atoms with Gasteiger partial charge in [0.05, 0.1) is 10.6 Å². The summed E-state index contributed by atoms with van der Waals surface area (Å²) in [6, 6.07) is 14.5. The molecule has 36 heavy (non-hydrogen) atoms. The summed E-state index contributed by atoms with van der Waals surface area (Å²) in [4.78, 5) is 34.7. The smallest absolute Gasteiger partial charge is 0.260 e. The van der Waals surface area contributed by atoms with Crippen molar-refractivity contribution in [1.29, 1.82) is 0 Å². The Morgan fingerprint density at radius 2 is 1.92 bits per heavy atom. The van der Waals surface area contributed by atoms with E-state index in [1.54, 1.807) is 0 Å². The highest BCUT2D eigenvalue weighted by Crippen LogP contribution is 2.35. The van der Waals surface area contributed by atoms with Crippen molar-refractivity contribution in [1.82, 2.24) is 9.97 Å². The van der Waals surface area contributed by atoms with Crippen LogP contribution in [0.4, 0.5) is 5.69 Å². The van der Waals surface area contributed by atoms with E-state index in [1.165, 1.54) is 47.1 Å². The molecule has 1 atom stereocenters. The van der Waals surface area contributed by atoms with Gasteiger partial charge >= 0.3 is 0 Å². The molecule has 2 heterocycles. The van der Waals surface area contributed by atoms with Crippen LogP contribution in [-0.4, -0.2) is 21.1 Å². The van der Waals surface area contributed by atoms with Crippen molar-refractivity contribution in [2.45, 2.75) is 69.2 Å². The molecule has 2 aromatic carbocycles. The predicted octanol–water partition coefficient (Wildman–Crippen LogP) is 7.16. The number of para-hydroxylation sites is 1. The fourth-order valence-electron chi connectivity index (χ4n) is 4.88. The molecule has 1 unspecified atom stereocenters. The molecule has 4 aromatic rings. The minimum Gasteiger partial charge on any atom is -0.325 e.